The van der Waals surface area contributed by atoms with Gasteiger partial charge in [-0.25, -0.2) is 4.68 Å². The number of amides is 2. The van der Waals surface area contributed by atoms with Gasteiger partial charge in [0.15, 0.2) is 13.1 Å². The third-order valence-corrected chi connectivity index (χ3v) is 5.06. The van der Waals surface area contributed by atoms with E-state index in [0.29, 0.717) is 5.82 Å². The zero-order chi connectivity index (χ0) is 22.5. The summed E-state index contributed by atoms with van der Waals surface area (Å²) in [5, 5.41) is 7.77. The lowest BCUT2D eigenvalue weighted by atomic mass is 10.0. The predicted octanol–water partition coefficient (Wildman–Crippen LogP) is 1.70. The van der Waals surface area contributed by atoms with Gasteiger partial charge in [-0.15, -0.1) is 0 Å². The van der Waals surface area contributed by atoms with Crippen molar-refractivity contribution < 1.29 is 14.5 Å². The Hall–Kier alpha value is -3.45. The van der Waals surface area contributed by atoms with Crippen molar-refractivity contribution in [1.29, 1.82) is 0 Å². The number of benzene rings is 2. The molecule has 1 heterocycles. The minimum Gasteiger partial charge on any atom is -0.344 e. The molecule has 2 N–H and O–H groups in total. The summed E-state index contributed by atoms with van der Waals surface area (Å²) < 4.78 is 1.75. The molecule has 7 nitrogen and oxygen atoms in total. The molecule has 162 valence electrons. The van der Waals surface area contributed by atoms with E-state index in [1.165, 1.54) is 4.90 Å². The summed E-state index contributed by atoms with van der Waals surface area (Å²) in [5.41, 5.74) is 4.95. The fourth-order valence-corrected chi connectivity index (χ4v) is 3.32. The number of quaternary nitrogens is 1. The largest absolute Gasteiger partial charge is 0.344 e. The summed E-state index contributed by atoms with van der Waals surface area (Å²) in [4.78, 5) is 27.0. The Morgan fingerprint density at radius 3 is 2.42 bits per heavy atom. The minimum atomic E-state index is -0.173. The summed E-state index contributed by atoms with van der Waals surface area (Å²) in [6.07, 6.45) is 0. The zero-order valence-corrected chi connectivity index (χ0v) is 18.8. The highest BCUT2D eigenvalue weighted by molar-refractivity contribution is 5.91. The number of aryl methyl sites for hydroxylation is 2. The van der Waals surface area contributed by atoms with Crippen LogP contribution in [0.5, 0.6) is 0 Å². The molecule has 2 aromatic carbocycles. The van der Waals surface area contributed by atoms with E-state index >= 15 is 0 Å². The second-order valence-corrected chi connectivity index (χ2v) is 8.13. The standard InChI is InChI=1S/C24H29N5O2/c1-17-11-12-18(2)20(13-17)21-14-22(29(26-21)19-9-7-6-8-10-19)25-23(30)15-28(5)16-24(31)27(3)4/h6-14H,15-16H2,1-5H3,(H,25,30)/p+1. The van der Waals surface area contributed by atoms with Crippen molar-refractivity contribution in [3.63, 3.8) is 0 Å². The lowest BCUT2D eigenvalue weighted by molar-refractivity contribution is -0.862. The van der Waals surface area contributed by atoms with Crippen LogP contribution in [0.1, 0.15) is 11.1 Å². The molecule has 1 aromatic heterocycles. The molecule has 7 heteroatoms. The van der Waals surface area contributed by atoms with Gasteiger partial charge in [0.1, 0.15) is 5.82 Å². The molecular weight excluding hydrogens is 390 g/mol. The first-order chi connectivity index (χ1) is 14.7. The quantitative estimate of drug-likeness (QED) is 0.611. The number of carbonyl (C=O) groups excluding carboxylic acids is 2. The van der Waals surface area contributed by atoms with Crippen molar-refractivity contribution in [2.24, 2.45) is 0 Å². The molecule has 1 atom stereocenters. The normalized spacial score (nSPS) is 11.8. The molecule has 0 saturated heterocycles. The van der Waals surface area contributed by atoms with Crippen molar-refractivity contribution in [3.05, 3.63) is 65.7 Å². The number of nitrogens with one attached hydrogen (secondary N) is 2. The van der Waals surface area contributed by atoms with Gasteiger partial charge in [0.2, 0.25) is 0 Å². The van der Waals surface area contributed by atoms with Crippen LogP contribution >= 0.6 is 0 Å². The van der Waals surface area contributed by atoms with Gasteiger partial charge in [-0.3, -0.25) is 9.59 Å². The molecule has 3 aromatic rings. The first-order valence-corrected chi connectivity index (χ1v) is 10.3. The highest BCUT2D eigenvalue weighted by Gasteiger charge is 2.19. The van der Waals surface area contributed by atoms with E-state index in [4.69, 9.17) is 5.10 Å². The van der Waals surface area contributed by atoms with E-state index in [2.05, 4.69) is 30.4 Å². The molecular formula is C24H30N5O2+. The molecule has 2 amide bonds. The zero-order valence-electron chi connectivity index (χ0n) is 18.8. The van der Waals surface area contributed by atoms with Crippen LogP contribution in [-0.4, -0.2) is 60.7 Å². The van der Waals surface area contributed by atoms with E-state index in [1.54, 1.807) is 18.8 Å². The fraction of sp³-hybridized carbons (Fsp3) is 0.292. The number of para-hydroxylation sites is 1. The van der Waals surface area contributed by atoms with Crippen LogP contribution in [0.15, 0.2) is 54.6 Å². The fourth-order valence-electron chi connectivity index (χ4n) is 3.32. The summed E-state index contributed by atoms with van der Waals surface area (Å²) in [5.74, 6) is 0.407. The number of hydrogen-bond acceptors (Lipinski definition) is 3. The minimum absolute atomic E-state index is 0.0168. The average molecular weight is 421 g/mol. The highest BCUT2D eigenvalue weighted by Crippen LogP contribution is 2.28. The Kier molecular flexibility index (Phi) is 6.87. The van der Waals surface area contributed by atoms with Gasteiger partial charge >= 0.3 is 0 Å². The maximum atomic E-state index is 12.7. The van der Waals surface area contributed by atoms with Crippen LogP contribution < -0.4 is 10.2 Å². The first kappa shape index (κ1) is 22.2. The third-order valence-electron chi connectivity index (χ3n) is 5.06. The van der Waals surface area contributed by atoms with Crippen LogP contribution in [-0.2, 0) is 9.59 Å². The van der Waals surface area contributed by atoms with E-state index < -0.39 is 0 Å². The number of carbonyl (C=O) groups is 2. The number of hydrogen-bond donors (Lipinski definition) is 2. The number of anilines is 1. The van der Waals surface area contributed by atoms with Crippen molar-refractivity contribution >= 4 is 17.6 Å². The average Bonchev–Trinajstić information content (AvgIpc) is 3.13. The van der Waals surface area contributed by atoms with Crippen molar-refractivity contribution in [1.82, 2.24) is 14.7 Å². The lowest BCUT2D eigenvalue weighted by Gasteiger charge is -2.16. The van der Waals surface area contributed by atoms with E-state index in [1.807, 2.05) is 50.4 Å². The Balaban J connectivity index is 1.88. The molecule has 0 radical (unpaired) electrons. The van der Waals surface area contributed by atoms with Gasteiger partial charge in [0.05, 0.1) is 18.4 Å². The summed E-state index contributed by atoms with van der Waals surface area (Å²) in [6, 6.07) is 17.8. The lowest BCUT2D eigenvalue weighted by Crippen LogP contribution is -3.11. The monoisotopic (exact) mass is 420 g/mol. The number of rotatable bonds is 7. The predicted molar refractivity (Wildman–Crippen MR) is 122 cm³/mol. The smallest absolute Gasteiger partial charge is 0.280 e. The maximum Gasteiger partial charge on any atom is 0.280 e. The van der Waals surface area contributed by atoms with Crippen LogP contribution in [0.4, 0.5) is 5.82 Å². The molecule has 0 aliphatic heterocycles. The Bertz CT molecular complexity index is 1070. The summed E-state index contributed by atoms with van der Waals surface area (Å²) in [7, 11) is 5.25. The maximum absolute atomic E-state index is 12.7. The Morgan fingerprint density at radius 2 is 1.74 bits per heavy atom. The Morgan fingerprint density at radius 1 is 1.03 bits per heavy atom. The SMILES string of the molecule is Cc1ccc(C)c(-c2cc(NC(=O)C[NH+](C)CC(=O)N(C)C)n(-c3ccccc3)n2)c1. The summed E-state index contributed by atoms with van der Waals surface area (Å²) in [6.45, 7) is 4.53. The summed E-state index contributed by atoms with van der Waals surface area (Å²) >= 11 is 0. The second-order valence-electron chi connectivity index (χ2n) is 8.13. The van der Waals surface area contributed by atoms with Gasteiger partial charge in [0.25, 0.3) is 11.8 Å². The van der Waals surface area contributed by atoms with Gasteiger partial charge < -0.3 is 15.1 Å². The van der Waals surface area contributed by atoms with Gasteiger partial charge in [-0.05, 0) is 37.6 Å². The first-order valence-electron chi connectivity index (χ1n) is 10.3. The van der Waals surface area contributed by atoms with E-state index in [0.717, 1.165) is 33.0 Å². The molecule has 0 fully saturated rings. The molecule has 31 heavy (non-hydrogen) atoms. The number of likely N-dealkylation sites (N-methyl/N-ethyl adjacent to an activating group) is 2. The van der Waals surface area contributed by atoms with Crippen LogP contribution in [0.3, 0.4) is 0 Å². The van der Waals surface area contributed by atoms with Crippen molar-refractivity contribution in [3.8, 4) is 16.9 Å². The molecule has 0 saturated carbocycles. The molecule has 0 spiro atoms. The van der Waals surface area contributed by atoms with Crippen molar-refractivity contribution in [2.75, 3.05) is 39.5 Å². The van der Waals surface area contributed by atoms with E-state index in [9.17, 15) is 9.59 Å². The number of nitrogens with zero attached hydrogens (tertiary/aromatic N) is 3. The van der Waals surface area contributed by atoms with Crippen LogP contribution in [0, 0.1) is 13.8 Å². The Labute approximate surface area is 183 Å². The van der Waals surface area contributed by atoms with Gasteiger partial charge in [-0.1, -0.05) is 35.9 Å². The van der Waals surface area contributed by atoms with Crippen molar-refractivity contribution in [2.45, 2.75) is 13.8 Å². The molecule has 0 aliphatic rings. The molecule has 1 unspecified atom stereocenters. The topological polar surface area (TPSA) is 71.7 Å². The molecule has 3 rings (SSSR count). The molecule has 0 bridgehead atoms. The van der Waals surface area contributed by atoms with Gasteiger partial charge in [-0.2, -0.15) is 5.10 Å². The van der Waals surface area contributed by atoms with E-state index in [-0.39, 0.29) is 24.9 Å². The van der Waals surface area contributed by atoms with Gasteiger partial charge in [0, 0.05) is 25.7 Å². The number of aromatic nitrogens is 2. The van der Waals surface area contributed by atoms with Crippen LogP contribution in [0.2, 0.25) is 0 Å². The van der Waals surface area contributed by atoms with Crippen LogP contribution in [0.25, 0.3) is 16.9 Å². The highest BCUT2D eigenvalue weighted by atomic mass is 16.2. The second kappa shape index (κ2) is 9.57. The third kappa shape index (κ3) is 5.58. The molecule has 0 aliphatic carbocycles.